The molecule has 7 heteroatoms. The Morgan fingerprint density at radius 2 is 2.25 bits per heavy atom. The van der Waals surface area contributed by atoms with Crippen LogP contribution in [0.2, 0.25) is 0 Å². The second-order valence-corrected chi connectivity index (χ2v) is 2.93. The largest absolute Gasteiger partial charge is 0.500 e. The van der Waals surface area contributed by atoms with Crippen LogP contribution in [0.3, 0.4) is 0 Å². The topological polar surface area (TPSA) is 116 Å². The number of ether oxygens (including phenoxy) is 1. The number of hydrogen-bond acceptors (Lipinski definition) is 6. The third-order valence-electron chi connectivity index (χ3n) is 1.98. The Morgan fingerprint density at radius 3 is 2.69 bits per heavy atom. The highest BCUT2D eigenvalue weighted by atomic mass is 16.6. The Hall–Kier alpha value is -2.15. The number of nitrogens with two attached hydrogens (primary N) is 1. The third-order valence-corrected chi connectivity index (χ3v) is 1.98. The molecule has 0 heterocycles. The van der Waals surface area contributed by atoms with Crippen LogP contribution < -0.4 is 10.5 Å². The van der Waals surface area contributed by atoms with Crippen molar-refractivity contribution in [1.29, 1.82) is 0 Å². The highest BCUT2D eigenvalue weighted by Crippen LogP contribution is 2.36. The SMILES string of the molecule is COc1cc(C(=O)CN)cc([N+](=O)[O-])c1O. The van der Waals surface area contributed by atoms with Gasteiger partial charge < -0.3 is 15.6 Å². The van der Waals surface area contributed by atoms with Gasteiger partial charge >= 0.3 is 5.69 Å². The first-order chi connectivity index (χ1) is 7.51. The molecule has 0 radical (unpaired) electrons. The lowest BCUT2D eigenvalue weighted by atomic mass is 10.1. The van der Waals surface area contributed by atoms with E-state index >= 15 is 0 Å². The Labute approximate surface area is 90.6 Å². The second-order valence-electron chi connectivity index (χ2n) is 2.93. The van der Waals surface area contributed by atoms with Gasteiger partial charge in [0.2, 0.25) is 5.75 Å². The normalized spacial score (nSPS) is 9.88. The molecule has 1 aromatic rings. The maximum absolute atomic E-state index is 11.3. The number of carbonyl (C=O) groups is 1. The number of Topliss-reactive ketones (excluding diaryl/α,β-unsaturated/α-hetero) is 1. The number of benzene rings is 1. The van der Waals surface area contributed by atoms with Crippen LogP contribution in [0.1, 0.15) is 10.4 Å². The molecule has 0 fully saturated rings. The van der Waals surface area contributed by atoms with Crippen molar-refractivity contribution in [2.45, 2.75) is 0 Å². The molecule has 0 aliphatic rings. The van der Waals surface area contributed by atoms with Crippen LogP contribution >= 0.6 is 0 Å². The zero-order valence-electron chi connectivity index (χ0n) is 8.47. The predicted molar refractivity (Wildman–Crippen MR) is 54.7 cm³/mol. The molecule has 0 amide bonds. The zero-order chi connectivity index (χ0) is 12.3. The minimum absolute atomic E-state index is 0.0313. The van der Waals surface area contributed by atoms with Crippen molar-refractivity contribution in [2.24, 2.45) is 5.73 Å². The fraction of sp³-hybridized carbons (Fsp3) is 0.222. The van der Waals surface area contributed by atoms with Gasteiger partial charge in [0.05, 0.1) is 18.6 Å². The molecule has 3 N–H and O–H groups in total. The summed E-state index contributed by atoms with van der Waals surface area (Å²) in [7, 11) is 1.23. The summed E-state index contributed by atoms with van der Waals surface area (Å²) < 4.78 is 4.72. The van der Waals surface area contributed by atoms with Crippen LogP contribution in [-0.4, -0.2) is 29.5 Å². The first-order valence-electron chi connectivity index (χ1n) is 4.30. The fourth-order valence-electron chi connectivity index (χ4n) is 1.17. The average molecular weight is 226 g/mol. The molecule has 0 aliphatic heterocycles. The van der Waals surface area contributed by atoms with Gasteiger partial charge in [-0.1, -0.05) is 0 Å². The summed E-state index contributed by atoms with van der Waals surface area (Å²) in [6.07, 6.45) is 0. The summed E-state index contributed by atoms with van der Waals surface area (Å²) in [6.45, 7) is -0.273. The van der Waals surface area contributed by atoms with Gasteiger partial charge in [0.25, 0.3) is 0 Å². The predicted octanol–water partition coefficient (Wildman–Crippen LogP) is 0.450. The maximum atomic E-state index is 11.3. The van der Waals surface area contributed by atoms with Crippen molar-refractivity contribution in [3.63, 3.8) is 0 Å². The molecule has 1 aromatic carbocycles. The molecular formula is C9H10N2O5. The number of rotatable bonds is 4. The van der Waals surface area contributed by atoms with Crippen molar-refractivity contribution in [3.8, 4) is 11.5 Å². The number of carbonyl (C=O) groups excluding carboxylic acids is 1. The number of nitro groups is 1. The number of phenols is 1. The number of ketones is 1. The van der Waals surface area contributed by atoms with Crippen molar-refractivity contribution < 1.29 is 19.6 Å². The fourth-order valence-corrected chi connectivity index (χ4v) is 1.17. The van der Waals surface area contributed by atoms with Gasteiger partial charge in [-0.25, -0.2) is 0 Å². The number of methoxy groups -OCH3 is 1. The zero-order valence-corrected chi connectivity index (χ0v) is 8.47. The minimum Gasteiger partial charge on any atom is -0.500 e. The van der Waals surface area contributed by atoms with Gasteiger partial charge in [-0.3, -0.25) is 14.9 Å². The molecule has 0 atom stereocenters. The molecule has 1 rings (SSSR count). The van der Waals surface area contributed by atoms with E-state index in [2.05, 4.69) is 0 Å². The molecular weight excluding hydrogens is 216 g/mol. The smallest absolute Gasteiger partial charge is 0.315 e. The number of hydrogen-bond donors (Lipinski definition) is 2. The van der Waals surface area contributed by atoms with Crippen LogP contribution in [0, 0.1) is 10.1 Å². The highest BCUT2D eigenvalue weighted by molar-refractivity contribution is 5.99. The Bertz CT molecular complexity index is 444. The van der Waals surface area contributed by atoms with Gasteiger partial charge in [-0.15, -0.1) is 0 Å². The van der Waals surface area contributed by atoms with Crippen molar-refractivity contribution in [3.05, 3.63) is 27.8 Å². The molecule has 0 aromatic heterocycles. The average Bonchev–Trinajstić information content (AvgIpc) is 2.27. The Kier molecular flexibility index (Phi) is 3.41. The summed E-state index contributed by atoms with van der Waals surface area (Å²) in [6, 6.07) is 2.17. The van der Waals surface area contributed by atoms with Crippen molar-refractivity contribution in [1.82, 2.24) is 0 Å². The molecule has 7 nitrogen and oxygen atoms in total. The van der Waals surface area contributed by atoms with E-state index in [-0.39, 0.29) is 17.9 Å². The number of phenolic OH excluding ortho intramolecular Hbond substituents is 1. The van der Waals surface area contributed by atoms with Crippen LogP contribution in [0.15, 0.2) is 12.1 Å². The van der Waals surface area contributed by atoms with E-state index in [9.17, 15) is 20.0 Å². The van der Waals surface area contributed by atoms with Gasteiger partial charge in [-0.05, 0) is 6.07 Å². The lowest BCUT2D eigenvalue weighted by Crippen LogP contribution is -2.13. The number of aromatic hydroxyl groups is 1. The van der Waals surface area contributed by atoms with E-state index < -0.39 is 22.1 Å². The van der Waals surface area contributed by atoms with E-state index in [0.29, 0.717) is 0 Å². The van der Waals surface area contributed by atoms with Gasteiger partial charge in [0, 0.05) is 11.6 Å². The summed E-state index contributed by atoms with van der Waals surface area (Å²) in [5, 5.41) is 20.0. The third kappa shape index (κ3) is 2.09. The van der Waals surface area contributed by atoms with Crippen molar-refractivity contribution >= 4 is 11.5 Å². The molecule has 0 bridgehead atoms. The molecule has 0 saturated heterocycles. The lowest BCUT2D eigenvalue weighted by Gasteiger charge is -2.06. The first-order valence-corrected chi connectivity index (χ1v) is 4.30. The van der Waals surface area contributed by atoms with Crippen LogP contribution in [-0.2, 0) is 0 Å². The summed E-state index contributed by atoms with van der Waals surface area (Å²) in [4.78, 5) is 21.1. The summed E-state index contributed by atoms with van der Waals surface area (Å²) >= 11 is 0. The van der Waals surface area contributed by atoms with Crippen LogP contribution in [0.25, 0.3) is 0 Å². The van der Waals surface area contributed by atoms with E-state index in [4.69, 9.17) is 10.5 Å². The Morgan fingerprint density at radius 1 is 1.62 bits per heavy atom. The monoisotopic (exact) mass is 226 g/mol. The molecule has 0 spiro atoms. The second kappa shape index (κ2) is 4.58. The van der Waals surface area contributed by atoms with Gasteiger partial charge in [0.1, 0.15) is 0 Å². The van der Waals surface area contributed by atoms with E-state index in [0.717, 1.165) is 6.07 Å². The lowest BCUT2D eigenvalue weighted by molar-refractivity contribution is -0.386. The minimum atomic E-state index is -0.800. The van der Waals surface area contributed by atoms with Gasteiger partial charge in [-0.2, -0.15) is 0 Å². The maximum Gasteiger partial charge on any atom is 0.315 e. The van der Waals surface area contributed by atoms with E-state index in [1.807, 2.05) is 0 Å². The summed E-state index contributed by atoms with van der Waals surface area (Å²) in [5.41, 5.74) is 4.58. The summed E-state index contributed by atoms with van der Waals surface area (Å²) in [5.74, 6) is -1.21. The number of nitro benzene ring substituents is 1. The highest BCUT2D eigenvalue weighted by Gasteiger charge is 2.21. The quantitative estimate of drug-likeness (QED) is 0.437. The van der Waals surface area contributed by atoms with Crippen LogP contribution in [0.5, 0.6) is 11.5 Å². The van der Waals surface area contributed by atoms with E-state index in [1.165, 1.54) is 13.2 Å². The first kappa shape index (κ1) is 11.9. The standard InChI is InChI=1S/C9H10N2O5/c1-16-8-3-5(7(12)4-10)2-6(9(8)13)11(14)15/h2-3,13H,4,10H2,1H3. The molecule has 86 valence electrons. The molecule has 0 aliphatic carbocycles. The van der Waals surface area contributed by atoms with Gasteiger partial charge in [0.15, 0.2) is 11.5 Å². The van der Waals surface area contributed by atoms with Crippen LogP contribution in [0.4, 0.5) is 5.69 Å². The molecule has 0 saturated carbocycles. The van der Waals surface area contributed by atoms with Crippen molar-refractivity contribution in [2.75, 3.05) is 13.7 Å². The number of nitrogens with zero attached hydrogens (tertiary/aromatic N) is 1. The van der Waals surface area contributed by atoms with E-state index in [1.54, 1.807) is 0 Å². The Balaban J connectivity index is 3.40. The molecule has 16 heavy (non-hydrogen) atoms. The molecule has 0 unspecified atom stereocenters.